The van der Waals surface area contributed by atoms with Crippen molar-refractivity contribution in [1.29, 1.82) is 0 Å². The quantitative estimate of drug-likeness (QED) is 0.846. The molecule has 1 rings (SSSR count). The fraction of sp³-hybridized carbons (Fsp3) is 0.588. The summed E-state index contributed by atoms with van der Waals surface area (Å²) in [6.45, 7) is 7.16. The third-order valence-electron chi connectivity index (χ3n) is 3.21. The van der Waals surface area contributed by atoms with Crippen LogP contribution >= 0.6 is 0 Å². The van der Waals surface area contributed by atoms with Crippen LogP contribution in [0.4, 0.5) is 4.79 Å². The highest BCUT2D eigenvalue weighted by Crippen LogP contribution is 2.19. The Labute approximate surface area is 128 Å². The van der Waals surface area contributed by atoms with Crippen molar-refractivity contribution in [1.82, 2.24) is 10.2 Å². The van der Waals surface area contributed by atoms with Crippen LogP contribution in [0.3, 0.4) is 0 Å². The zero-order valence-electron chi connectivity index (χ0n) is 13.6. The number of hydrogen-bond donors (Lipinski definition) is 2. The number of aliphatic hydroxyl groups is 1. The SMILES string of the molecule is CN(CC(C)(C)C)C(=O)NC(CCCO)c1ccccc1. The summed E-state index contributed by atoms with van der Waals surface area (Å²) in [5.74, 6) is 0. The number of nitrogens with one attached hydrogen (secondary N) is 1. The summed E-state index contributed by atoms with van der Waals surface area (Å²) in [6.07, 6.45) is 1.40. The van der Waals surface area contributed by atoms with Gasteiger partial charge in [-0.3, -0.25) is 0 Å². The van der Waals surface area contributed by atoms with Crippen LogP contribution in [0.2, 0.25) is 0 Å². The van der Waals surface area contributed by atoms with E-state index in [0.717, 1.165) is 12.0 Å². The predicted octanol–water partition coefficient (Wildman–Crippen LogP) is 3.19. The molecular formula is C17H28N2O2. The fourth-order valence-corrected chi connectivity index (χ4v) is 2.35. The van der Waals surface area contributed by atoms with E-state index < -0.39 is 0 Å². The van der Waals surface area contributed by atoms with E-state index in [0.29, 0.717) is 13.0 Å². The van der Waals surface area contributed by atoms with Gasteiger partial charge in [-0.05, 0) is 23.8 Å². The lowest BCUT2D eigenvalue weighted by Gasteiger charge is -2.29. The maximum Gasteiger partial charge on any atom is 0.317 e. The zero-order chi connectivity index (χ0) is 15.9. The largest absolute Gasteiger partial charge is 0.396 e. The first-order valence-corrected chi connectivity index (χ1v) is 7.51. The smallest absolute Gasteiger partial charge is 0.317 e. The van der Waals surface area contributed by atoms with E-state index in [4.69, 9.17) is 5.11 Å². The van der Waals surface area contributed by atoms with E-state index >= 15 is 0 Å². The maximum absolute atomic E-state index is 12.3. The second-order valence-corrected chi connectivity index (χ2v) is 6.70. The first kappa shape index (κ1) is 17.5. The summed E-state index contributed by atoms with van der Waals surface area (Å²) in [6, 6.07) is 9.77. The summed E-state index contributed by atoms with van der Waals surface area (Å²) in [5, 5.41) is 12.1. The summed E-state index contributed by atoms with van der Waals surface area (Å²) < 4.78 is 0. The lowest BCUT2D eigenvalue weighted by atomic mass is 9.96. The molecule has 118 valence electrons. The van der Waals surface area contributed by atoms with Gasteiger partial charge in [0, 0.05) is 20.2 Å². The molecule has 0 aliphatic heterocycles. The van der Waals surface area contributed by atoms with Crippen LogP contribution in [0, 0.1) is 5.41 Å². The van der Waals surface area contributed by atoms with Crippen LogP contribution in [0.25, 0.3) is 0 Å². The normalized spacial score (nSPS) is 12.8. The molecule has 21 heavy (non-hydrogen) atoms. The fourth-order valence-electron chi connectivity index (χ4n) is 2.35. The molecule has 1 unspecified atom stereocenters. The van der Waals surface area contributed by atoms with Gasteiger partial charge in [-0.15, -0.1) is 0 Å². The minimum atomic E-state index is -0.0725. The number of nitrogens with zero attached hydrogens (tertiary/aromatic N) is 1. The number of carbonyl (C=O) groups is 1. The Morgan fingerprint density at radius 3 is 2.43 bits per heavy atom. The Bertz CT molecular complexity index is 426. The van der Waals surface area contributed by atoms with E-state index in [1.165, 1.54) is 0 Å². The van der Waals surface area contributed by atoms with Gasteiger partial charge in [-0.25, -0.2) is 4.79 Å². The molecule has 0 spiro atoms. The highest BCUT2D eigenvalue weighted by molar-refractivity contribution is 5.74. The monoisotopic (exact) mass is 292 g/mol. The third kappa shape index (κ3) is 6.63. The van der Waals surface area contributed by atoms with Crippen LogP contribution in [-0.2, 0) is 0 Å². The van der Waals surface area contributed by atoms with E-state index in [1.807, 2.05) is 37.4 Å². The van der Waals surface area contributed by atoms with Gasteiger partial charge >= 0.3 is 6.03 Å². The summed E-state index contributed by atoms with van der Waals surface area (Å²) in [7, 11) is 1.81. The summed E-state index contributed by atoms with van der Waals surface area (Å²) in [4.78, 5) is 14.0. The number of hydrogen-bond acceptors (Lipinski definition) is 2. The predicted molar refractivity (Wildman–Crippen MR) is 86.1 cm³/mol. The molecule has 4 heteroatoms. The third-order valence-corrected chi connectivity index (χ3v) is 3.21. The molecule has 0 heterocycles. The van der Waals surface area contributed by atoms with Crippen molar-refractivity contribution in [3.63, 3.8) is 0 Å². The van der Waals surface area contributed by atoms with Crippen LogP contribution in [0.15, 0.2) is 30.3 Å². The Morgan fingerprint density at radius 2 is 1.90 bits per heavy atom. The minimum absolute atomic E-state index is 0.0618. The van der Waals surface area contributed by atoms with E-state index in [1.54, 1.807) is 4.90 Å². The van der Waals surface area contributed by atoms with Gasteiger partial charge in [0.25, 0.3) is 0 Å². The Balaban J connectivity index is 2.70. The first-order chi connectivity index (χ1) is 9.83. The van der Waals surface area contributed by atoms with E-state index in [-0.39, 0.29) is 24.1 Å². The van der Waals surface area contributed by atoms with Gasteiger partial charge in [-0.1, -0.05) is 51.1 Å². The van der Waals surface area contributed by atoms with Crippen molar-refractivity contribution in [2.24, 2.45) is 5.41 Å². The topological polar surface area (TPSA) is 52.6 Å². The van der Waals surface area contributed by atoms with E-state index in [2.05, 4.69) is 26.1 Å². The molecule has 0 bridgehead atoms. The molecular weight excluding hydrogens is 264 g/mol. The van der Waals surface area contributed by atoms with Crippen molar-refractivity contribution in [2.45, 2.75) is 39.7 Å². The van der Waals surface area contributed by atoms with Crippen LogP contribution in [-0.4, -0.2) is 36.2 Å². The molecule has 0 aliphatic carbocycles. The van der Waals surface area contributed by atoms with Gasteiger partial charge in [0.1, 0.15) is 0 Å². The van der Waals surface area contributed by atoms with Gasteiger partial charge in [-0.2, -0.15) is 0 Å². The molecule has 1 aromatic rings. The molecule has 0 saturated heterocycles. The lowest BCUT2D eigenvalue weighted by Crippen LogP contribution is -2.42. The van der Waals surface area contributed by atoms with Crippen molar-refractivity contribution in [3.05, 3.63) is 35.9 Å². The van der Waals surface area contributed by atoms with Crippen molar-refractivity contribution in [2.75, 3.05) is 20.2 Å². The van der Waals surface area contributed by atoms with Crippen molar-refractivity contribution < 1.29 is 9.90 Å². The number of carbonyl (C=O) groups excluding carboxylic acids is 1. The lowest BCUT2D eigenvalue weighted by molar-refractivity contribution is 0.183. The van der Waals surface area contributed by atoms with Crippen LogP contribution in [0.5, 0.6) is 0 Å². The second-order valence-electron chi connectivity index (χ2n) is 6.70. The van der Waals surface area contributed by atoms with Crippen LogP contribution < -0.4 is 5.32 Å². The zero-order valence-corrected chi connectivity index (χ0v) is 13.6. The Morgan fingerprint density at radius 1 is 1.29 bits per heavy atom. The molecule has 2 N–H and O–H groups in total. The number of amides is 2. The molecule has 1 aromatic carbocycles. The molecule has 0 radical (unpaired) electrons. The molecule has 0 saturated carbocycles. The minimum Gasteiger partial charge on any atom is -0.396 e. The van der Waals surface area contributed by atoms with Gasteiger partial charge in [0.15, 0.2) is 0 Å². The van der Waals surface area contributed by atoms with Crippen molar-refractivity contribution in [3.8, 4) is 0 Å². The summed E-state index contributed by atoms with van der Waals surface area (Å²) in [5.41, 5.74) is 1.14. The first-order valence-electron chi connectivity index (χ1n) is 7.51. The molecule has 0 fully saturated rings. The average Bonchev–Trinajstić information content (AvgIpc) is 2.42. The number of benzene rings is 1. The van der Waals surface area contributed by atoms with Crippen molar-refractivity contribution >= 4 is 6.03 Å². The van der Waals surface area contributed by atoms with Gasteiger partial charge in [0.05, 0.1) is 6.04 Å². The molecule has 4 nitrogen and oxygen atoms in total. The van der Waals surface area contributed by atoms with E-state index in [9.17, 15) is 4.79 Å². The molecule has 2 amide bonds. The van der Waals surface area contributed by atoms with Gasteiger partial charge < -0.3 is 15.3 Å². The van der Waals surface area contributed by atoms with Gasteiger partial charge in [0.2, 0.25) is 0 Å². The number of rotatable bonds is 6. The number of urea groups is 1. The Kier molecular flexibility index (Phi) is 6.69. The second kappa shape index (κ2) is 8.03. The molecule has 0 aromatic heterocycles. The Hall–Kier alpha value is -1.55. The number of aliphatic hydroxyl groups excluding tert-OH is 1. The average molecular weight is 292 g/mol. The van der Waals surface area contributed by atoms with Crippen LogP contribution in [0.1, 0.15) is 45.2 Å². The molecule has 0 aliphatic rings. The highest BCUT2D eigenvalue weighted by Gasteiger charge is 2.20. The maximum atomic E-state index is 12.3. The highest BCUT2D eigenvalue weighted by atomic mass is 16.3. The molecule has 1 atom stereocenters. The standard InChI is InChI=1S/C17H28N2O2/c1-17(2,3)13-19(4)16(21)18-15(11-8-12-20)14-9-6-5-7-10-14/h5-7,9-10,15,20H,8,11-13H2,1-4H3,(H,18,21). The summed E-state index contributed by atoms with van der Waals surface area (Å²) >= 11 is 0.